The predicted molar refractivity (Wildman–Crippen MR) is 86.3 cm³/mol. The third-order valence-corrected chi connectivity index (χ3v) is 6.86. The molecule has 0 radical (unpaired) electrons. The molecular weight excluding hydrogens is 328 g/mol. The summed E-state index contributed by atoms with van der Waals surface area (Å²) in [5, 5.41) is 0. The maximum atomic E-state index is 12.5. The van der Waals surface area contributed by atoms with Crippen LogP contribution in [0.5, 0.6) is 0 Å². The molecule has 1 heterocycles. The van der Waals surface area contributed by atoms with E-state index in [9.17, 15) is 8.42 Å². The Hall–Kier alpha value is -0.950. The average Bonchev–Trinajstić information content (AvgIpc) is 2.79. The maximum absolute atomic E-state index is 12.5. The number of hydrogen-bond acceptors (Lipinski definition) is 4. The van der Waals surface area contributed by atoms with E-state index in [2.05, 4.69) is 11.9 Å². The van der Waals surface area contributed by atoms with Gasteiger partial charge in [-0.1, -0.05) is 54.1 Å². The molecule has 0 N–H and O–H groups in total. The molecule has 0 aliphatic heterocycles. The Kier molecular flexibility index (Phi) is 5.03. The summed E-state index contributed by atoms with van der Waals surface area (Å²) in [6, 6.07) is 7.95. The SMILES string of the molecule is CCc1ccc(CN(C)S(=O)(=O)c2sc(Cl)nc2C)cc1. The van der Waals surface area contributed by atoms with E-state index in [1.165, 1.54) is 9.87 Å². The second kappa shape index (κ2) is 6.44. The molecule has 0 saturated heterocycles. The zero-order valence-corrected chi connectivity index (χ0v) is 14.5. The minimum absolute atomic E-state index is 0.208. The van der Waals surface area contributed by atoms with E-state index in [1.54, 1.807) is 14.0 Å². The predicted octanol–water partition coefficient (Wildman–Crippen LogP) is 3.49. The number of rotatable bonds is 5. The van der Waals surface area contributed by atoms with Gasteiger partial charge in [-0.2, -0.15) is 4.31 Å². The van der Waals surface area contributed by atoms with Crippen LogP contribution >= 0.6 is 22.9 Å². The molecule has 7 heteroatoms. The van der Waals surface area contributed by atoms with Crippen LogP contribution in [0.4, 0.5) is 0 Å². The summed E-state index contributed by atoms with van der Waals surface area (Å²) in [4.78, 5) is 3.97. The van der Waals surface area contributed by atoms with E-state index < -0.39 is 10.0 Å². The van der Waals surface area contributed by atoms with Crippen molar-refractivity contribution in [1.29, 1.82) is 0 Å². The van der Waals surface area contributed by atoms with Gasteiger partial charge in [-0.25, -0.2) is 13.4 Å². The number of halogens is 1. The molecule has 0 unspecified atom stereocenters. The van der Waals surface area contributed by atoms with Crippen LogP contribution < -0.4 is 0 Å². The monoisotopic (exact) mass is 344 g/mol. The lowest BCUT2D eigenvalue weighted by Crippen LogP contribution is -2.26. The lowest BCUT2D eigenvalue weighted by atomic mass is 10.1. The van der Waals surface area contributed by atoms with Crippen LogP contribution in [0.2, 0.25) is 4.47 Å². The van der Waals surface area contributed by atoms with Crippen LogP contribution in [0.25, 0.3) is 0 Å². The summed E-state index contributed by atoms with van der Waals surface area (Å²) in [5.41, 5.74) is 2.62. The number of aryl methyl sites for hydroxylation is 2. The van der Waals surface area contributed by atoms with Crippen LogP contribution in [0.15, 0.2) is 28.5 Å². The summed E-state index contributed by atoms with van der Waals surface area (Å²) in [7, 11) is -1.99. The van der Waals surface area contributed by atoms with Crippen molar-refractivity contribution in [3.05, 3.63) is 45.6 Å². The molecule has 4 nitrogen and oxygen atoms in total. The number of hydrogen-bond donors (Lipinski definition) is 0. The van der Waals surface area contributed by atoms with Crippen LogP contribution in [0, 0.1) is 6.92 Å². The normalized spacial score (nSPS) is 12.0. The summed E-state index contributed by atoms with van der Waals surface area (Å²) in [6.45, 7) is 4.06. The Morgan fingerprint density at radius 2 is 1.81 bits per heavy atom. The van der Waals surface area contributed by atoms with Crippen LogP contribution in [-0.4, -0.2) is 24.8 Å². The maximum Gasteiger partial charge on any atom is 0.254 e. The van der Waals surface area contributed by atoms with Crippen molar-refractivity contribution in [1.82, 2.24) is 9.29 Å². The van der Waals surface area contributed by atoms with E-state index in [1.807, 2.05) is 24.3 Å². The van der Waals surface area contributed by atoms with E-state index in [0.29, 0.717) is 12.2 Å². The van der Waals surface area contributed by atoms with Crippen molar-refractivity contribution in [2.75, 3.05) is 7.05 Å². The van der Waals surface area contributed by atoms with Crippen LogP contribution in [-0.2, 0) is 23.0 Å². The Morgan fingerprint density at radius 3 is 2.29 bits per heavy atom. The first-order valence-corrected chi connectivity index (χ1v) is 9.15. The van der Waals surface area contributed by atoms with Gasteiger partial charge in [0, 0.05) is 13.6 Å². The zero-order valence-electron chi connectivity index (χ0n) is 12.1. The van der Waals surface area contributed by atoms with Crippen molar-refractivity contribution in [3.8, 4) is 0 Å². The lowest BCUT2D eigenvalue weighted by Gasteiger charge is -2.16. The van der Waals surface area contributed by atoms with Crippen LogP contribution in [0.3, 0.4) is 0 Å². The van der Waals surface area contributed by atoms with Crippen molar-refractivity contribution in [3.63, 3.8) is 0 Å². The molecule has 21 heavy (non-hydrogen) atoms. The third-order valence-electron chi connectivity index (χ3n) is 3.21. The molecule has 2 rings (SSSR count). The summed E-state index contributed by atoms with van der Waals surface area (Å²) in [5.74, 6) is 0. The van der Waals surface area contributed by atoms with Gasteiger partial charge in [-0.05, 0) is 24.5 Å². The van der Waals surface area contributed by atoms with E-state index in [0.717, 1.165) is 23.3 Å². The molecule has 0 fully saturated rings. The number of thiazole rings is 1. The van der Waals surface area contributed by atoms with Gasteiger partial charge in [0.1, 0.15) is 0 Å². The fraction of sp³-hybridized carbons (Fsp3) is 0.357. The number of benzene rings is 1. The highest BCUT2D eigenvalue weighted by Crippen LogP contribution is 2.29. The molecule has 0 amide bonds. The van der Waals surface area contributed by atoms with Gasteiger partial charge in [-0.3, -0.25) is 0 Å². The van der Waals surface area contributed by atoms with Gasteiger partial charge in [-0.15, -0.1) is 0 Å². The highest BCUT2D eigenvalue weighted by molar-refractivity contribution is 7.91. The van der Waals surface area contributed by atoms with Gasteiger partial charge in [0.25, 0.3) is 10.0 Å². The molecular formula is C14H17ClN2O2S2. The summed E-state index contributed by atoms with van der Waals surface area (Å²) < 4.78 is 26.8. The van der Waals surface area contributed by atoms with E-state index in [4.69, 9.17) is 11.6 Å². The Labute approximate surface area is 134 Å². The minimum atomic E-state index is -3.56. The van der Waals surface area contributed by atoms with Gasteiger partial charge >= 0.3 is 0 Å². The highest BCUT2D eigenvalue weighted by Gasteiger charge is 2.26. The van der Waals surface area contributed by atoms with Gasteiger partial charge in [0.15, 0.2) is 8.68 Å². The van der Waals surface area contributed by atoms with Gasteiger partial charge < -0.3 is 0 Å². The van der Waals surface area contributed by atoms with E-state index in [-0.39, 0.29) is 8.68 Å². The second-order valence-electron chi connectivity index (χ2n) is 4.77. The molecule has 0 aliphatic rings. The molecule has 1 aromatic heterocycles. The van der Waals surface area contributed by atoms with Crippen molar-refractivity contribution in [2.45, 2.75) is 31.0 Å². The number of aromatic nitrogens is 1. The number of nitrogens with zero attached hydrogens (tertiary/aromatic N) is 2. The average molecular weight is 345 g/mol. The second-order valence-corrected chi connectivity index (χ2v) is 8.59. The van der Waals surface area contributed by atoms with Crippen molar-refractivity contribution >= 4 is 33.0 Å². The minimum Gasteiger partial charge on any atom is -0.229 e. The summed E-state index contributed by atoms with van der Waals surface area (Å²) >= 11 is 6.79. The summed E-state index contributed by atoms with van der Waals surface area (Å²) in [6.07, 6.45) is 0.965. The van der Waals surface area contributed by atoms with Crippen LogP contribution in [0.1, 0.15) is 23.7 Å². The molecule has 0 bridgehead atoms. The standard InChI is InChI=1S/C14H17ClN2O2S2/c1-4-11-5-7-12(8-6-11)9-17(3)21(18,19)13-10(2)16-14(15)20-13/h5-8H,4,9H2,1-3H3. The Balaban J connectivity index is 2.22. The third kappa shape index (κ3) is 3.63. The van der Waals surface area contributed by atoms with Gasteiger partial charge in [0.05, 0.1) is 5.69 Å². The Bertz CT molecular complexity index is 724. The largest absolute Gasteiger partial charge is 0.254 e. The lowest BCUT2D eigenvalue weighted by molar-refractivity contribution is 0.468. The molecule has 0 spiro atoms. The Morgan fingerprint density at radius 1 is 1.24 bits per heavy atom. The van der Waals surface area contributed by atoms with Crippen molar-refractivity contribution in [2.24, 2.45) is 0 Å². The first-order chi connectivity index (χ1) is 9.84. The van der Waals surface area contributed by atoms with Gasteiger partial charge in [0.2, 0.25) is 0 Å². The fourth-order valence-electron chi connectivity index (χ4n) is 1.95. The first-order valence-electron chi connectivity index (χ1n) is 6.51. The number of sulfonamides is 1. The fourth-order valence-corrected chi connectivity index (χ4v) is 5.04. The molecule has 2 aromatic rings. The van der Waals surface area contributed by atoms with Crippen molar-refractivity contribution < 1.29 is 8.42 Å². The topological polar surface area (TPSA) is 50.3 Å². The highest BCUT2D eigenvalue weighted by atomic mass is 35.5. The molecule has 0 atom stereocenters. The molecule has 114 valence electrons. The molecule has 0 aliphatic carbocycles. The molecule has 0 saturated carbocycles. The van der Waals surface area contributed by atoms with E-state index >= 15 is 0 Å². The zero-order chi connectivity index (χ0) is 15.6. The quantitative estimate of drug-likeness (QED) is 0.834. The first kappa shape index (κ1) is 16.4. The smallest absolute Gasteiger partial charge is 0.229 e. The molecule has 1 aromatic carbocycles.